The van der Waals surface area contributed by atoms with Crippen LogP contribution in [0.15, 0.2) is 68.2 Å². The van der Waals surface area contributed by atoms with Gasteiger partial charge in [-0.15, -0.1) is 68.0 Å². The minimum Gasteiger partial charge on any atom is -0.459 e. The zero-order valence-corrected chi connectivity index (χ0v) is 59.2. The van der Waals surface area contributed by atoms with E-state index in [0.717, 1.165) is 91.3 Å². The summed E-state index contributed by atoms with van der Waals surface area (Å²) >= 11 is 17.7. The van der Waals surface area contributed by atoms with Crippen LogP contribution in [0.1, 0.15) is 186 Å². The Balaban J connectivity index is 0.000000221. The molecule has 2 fully saturated rings. The van der Waals surface area contributed by atoms with Crippen LogP contribution in [0.4, 0.5) is 0 Å². The Morgan fingerprint density at radius 2 is 0.775 bits per heavy atom. The molecule has 8 nitrogen and oxygen atoms in total. The standard InChI is InChI=1S/C34H52Br2O4S2.C14H14O4S2.C14H22S2Si2/c1-5-9-13-15-17-21-25(19-11-7-3)39-33(37)27-23-29(41-31(27)35)30-24-28(32(36)42-30)34(38)40-26(20-12-8-4)22-18-16-14-10-6-2;1-3-11(13-15-5-6-16-13)19-9(1)10-2-4-12(20-10)14-17-7-8-18-14;1-17(2,3)13-9-7-11(15-13)12-8-10-14(16-12)18(4,5)6/h23-26H,5-22H2,1-4H3;1-4,13-14H,5-8H2;7-10H,1-6H3. The Labute approximate surface area is 522 Å². The Morgan fingerprint density at radius 1 is 0.450 bits per heavy atom. The van der Waals surface area contributed by atoms with E-state index in [1.54, 1.807) is 31.7 Å². The molecule has 0 spiro atoms. The number of thiophene rings is 6. The Kier molecular flexibility index (Phi) is 29.1. The number of carbonyl (C=O) groups is 2. The highest BCUT2D eigenvalue weighted by molar-refractivity contribution is 9.11. The van der Waals surface area contributed by atoms with Crippen LogP contribution in [-0.2, 0) is 28.4 Å². The molecule has 2 unspecified atom stereocenters. The van der Waals surface area contributed by atoms with Gasteiger partial charge in [0.1, 0.15) is 12.2 Å². The van der Waals surface area contributed by atoms with Crippen molar-refractivity contribution in [2.45, 2.75) is 207 Å². The van der Waals surface area contributed by atoms with Gasteiger partial charge in [-0.2, -0.15) is 0 Å². The van der Waals surface area contributed by atoms with E-state index < -0.39 is 16.1 Å². The van der Waals surface area contributed by atoms with E-state index >= 15 is 0 Å². The van der Waals surface area contributed by atoms with Gasteiger partial charge in [-0.25, -0.2) is 9.59 Å². The molecule has 6 aromatic rings. The fourth-order valence-corrected chi connectivity index (χ4v) is 20.4. The van der Waals surface area contributed by atoms with E-state index in [-0.39, 0.29) is 36.7 Å². The summed E-state index contributed by atoms with van der Waals surface area (Å²) in [6.45, 7) is 26.0. The number of ether oxygens (including phenoxy) is 6. The molecule has 0 bridgehead atoms. The molecule has 8 heterocycles. The number of hydrogen-bond acceptors (Lipinski definition) is 14. The fraction of sp³-hybridized carbons (Fsp3) is 0.581. The van der Waals surface area contributed by atoms with Gasteiger partial charge < -0.3 is 28.4 Å². The fourth-order valence-electron chi connectivity index (χ4n) is 9.04. The van der Waals surface area contributed by atoms with Crippen molar-refractivity contribution in [1.82, 2.24) is 0 Å². The second-order valence-corrected chi connectivity index (χ2v) is 42.7. The van der Waals surface area contributed by atoms with Crippen LogP contribution in [0.3, 0.4) is 0 Å². The number of esters is 2. The number of carbonyl (C=O) groups excluding carboxylic acids is 2. The summed E-state index contributed by atoms with van der Waals surface area (Å²) < 4.78 is 38.9. The molecule has 18 heteroatoms. The van der Waals surface area contributed by atoms with Crippen LogP contribution in [0.2, 0.25) is 39.3 Å². The van der Waals surface area contributed by atoms with Crippen molar-refractivity contribution in [3.05, 3.63) is 89.1 Å². The zero-order valence-electron chi connectivity index (χ0n) is 49.1. The van der Waals surface area contributed by atoms with Gasteiger partial charge in [0.25, 0.3) is 0 Å². The van der Waals surface area contributed by atoms with Crippen molar-refractivity contribution in [2.75, 3.05) is 26.4 Å². The molecule has 2 aliphatic heterocycles. The molecular formula is C62H88Br2O8S6Si2. The quantitative estimate of drug-likeness (QED) is 0.0261. The van der Waals surface area contributed by atoms with E-state index in [1.165, 1.54) is 93.5 Å². The Bertz CT molecular complexity index is 2560. The first-order valence-corrected chi connectivity index (χ1v) is 42.8. The molecule has 2 aliphatic rings. The average molecular weight is 1370 g/mol. The third-order valence-electron chi connectivity index (χ3n) is 13.8. The number of halogens is 2. The summed E-state index contributed by atoms with van der Waals surface area (Å²) in [5.74, 6) is -0.543. The molecule has 0 aliphatic carbocycles. The minimum atomic E-state index is -1.14. The molecular weight excluding hydrogens is 1280 g/mol. The second-order valence-electron chi connectivity index (χ2n) is 22.7. The van der Waals surface area contributed by atoms with Crippen molar-refractivity contribution < 1.29 is 38.0 Å². The molecule has 6 aromatic heterocycles. The van der Waals surface area contributed by atoms with Crippen molar-refractivity contribution in [2.24, 2.45) is 0 Å². The summed E-state index contributed by atoms with van der Waals surface area (Å²) in [6, 6.07) is 21.5. The second kappa shape index (κ2) is 34.5. The first-order chi connectivity index (χ1) is 38.4. The van der Waals surface area contributed by atoms with Gasteiger partial charge in [0.2, 0.25) is 0 Å². The van der Waals surface area contributed by atoms with Gasteiger partial charge >= 0.3 is 11.9 Å². The summed E-state index contributed by atoms with van der Waals surface area (Å²) in [5.41, 5.74) is 1.11. The van der Waals surface area contributed by atoms with Crippen LogP contribution in [0.5, 0.6) is 0 Å². The lowest BCUT2D eigenvalue weighted by Gasteiger charge is -2.17. The van der Waals surface area contributed by atoms with Crippen molar-refractivity contribution >= 4 is 137 Å². The SMILES string of the molecule is CCCCCCCC(CCCC)OC(=O)c1cc(-c2cc(C(=O)OC(CCCC)CCCCCCC)c(Br)s2)sc1Br.C[Si](C)(C)c1ccc(-c2ccc([Si](C)(C)C)s2)s1.c1cc(C2OCCO2)sc1-c1ccc(C2OCCO2)s1. The summed E-state index contributed by atoms with van der Waals surface area (Å²) in [4.78, 5) is 35.9. The van der Waals surface area contributed by atoms with Crippen LogP contribution in [0.25, 0.3) is 29.3 Å². The summed E-state index contributed by atoms with van der Waals surface area (Å²) in [7, 11) is -2.29. The largest absolute Gasteiger partial charge is 0.459 e. The maximum absolute atomic E-state index is 13.2. The lowest BCUT2D eigenvalue weighted by atomic mass is 10.0. The number of hydrogen-bond donors (Lipinski definition) is 0. The zero-order chi connectivity index (χ0) is 57.7. The van der Waals surface area contributed by atoms with E-state index in [0.29, 0.717) is 37.6 Å². The molecule has 442 valence electrons. The highest BCUT2D eigenvalue weighted by atomic mass is 79.9. The third kappa shape index (κ3) is 21.4. The van der Waals surface area contributed by atoms with Gasteiger partial charge in [0.15, 0.2) is 12.6 Å². The minimum absolute atomic E-state index is 0.0427. The summed E-state index contributed by atoms with van der Waals surface area (Å²) in [5, 5.41) is 0. The monoisotopic (exact) mass is 1370 g/mol. The molecule has 2 atom stereocenters. The normalized spacial score (nSPS) is 14.9. The smallest absolute Gasteiger partial charge is 0.340 e. The number of unbranched alkanes of at least 4 members (excludes halogenated alkanes) is 10. The highest BCUT2D eigenvalue weighted by Gasteiger charge is 2.27. The van der Waals surface area contributed by atoms with E-state index in [2.05, 4.69) is 147 Å². The summed E-state index contributed by atoms with van der Waals surface area (Å²) in [6.07, 6.45) is 19.5. The van der Waals surface area contributed by atoms with Crippen molar-refractivity contribution in [1.29, 1.82) is 0 Å². The lowest BCUT2D eigenvalue weighted by molar-refractivity contribution is -0.0415. The molecule has 2 saturated heterocycles. The molecule has 0 radical (unpaired) electrons. The van der Waals surface area contributed by atoms with Crippen LogP contribution < -0.4 is 9.00 Å². The first-order valence-electron chi connectivity index (χ1n) is 29.3. The molecule has 0 amide bonds. The predicted octanol–water partition coefficient (Wildman–Crippen LogP) is 21.3. The van der Waals surface area contributed by atoms with Gasteiger partial charge in [-0.1, -0.05) is 156 Å². The predicted molar refractivity (Wildman–Crippen MR) is 358 cm³/mol. The Hall–Kier alpha value is -1.63. The van der Waals surface area contributed by atoms with Crippen molar-refractivity contribution in [3.63, 3.8) is 0 Å². The van der Waals surface area contributed by atoms with E-state index in [9.17, 15) is 9.59 Å². The van der Waals surface area contributed by atoms with Gasteiger partial charge in [-0.05, 0) is 128 Å². The average Bonchev–Trinajstić information content (AvgIpc) is 4.29. The molecule has 80 heavy (non-hydrogen) atoms. The molecule has 0 saturated carbocycles. The van der Waals surface area contributed by atoms with Gasteiger partial charge in [0.05, 0.1) is 71.0 Å². The number of rotatable bonds is 29. The molecule has 0 N–H and O–H groups in total. The maximum Gasteiger partial charge on any atom is 0.340 e. The topological polar surface area (TPSA) is 89.5 Å². The highest BCUT2D eigenvalue weighted by Crippen LogP contribution is 2.43. The van der Waals surface area contributed by atoms with Crippen LogP contribution in [-0.4, -0.2) is 66.7 Å². The molecule has 0 aromatic carbocycles. The van der Waals surface area contributed by atoms with E-state index in [4.69, 9.17) is 28.4 Å². The molecule has 8 rings (SSSR count). The van der Waals surface area contributed by atoms with Gasteiger partial charge in [0, 0.05) is 29.3 Å². The maximum atomic E-state index is 13.2. The van der Waals surface area contributed by atoms with E-state index in [1.807, 2.05) is 34.8 Å². The third-order valence-corrected chi connectivity index (χ3v) is 29.6. The van der Waals surface area contributed by atoms with Crippen LogP contribution >= 0.6 is 99.9 Å². The Morgan fingerprint density at radius 3 is 1.11 bits per heavy atom. The lowest BCUT2D eigenvalue weighted by Crippen LogP contribution is -2.34. The first kappa shape index (κ1) is 67.5. The van der Waals surface area contributed by atoms with Crippen LogP contribution in [0, 0.1) is 0 Å². The van der Waals surface area contributed by atoms with Gasteiger partial charge in [-0.3, -0.25) is 0 Å². The van der Waals surface area contributed by atoms with Crippen molar-refractivity contribution in [3.8, 4) is 29.3 Å².